The molecule has 5 rings (SSSR count). The lowest BCUT2D eigenvalue weighted by atomic mass is 9.95. The first kappa shape index (κ1) is 32.9. The third-order valence-corrected chi connectivity index (χ3v) is 7.84. The Morgan fingerprint density at radius 2 is 1.69 bits per heavy atom. The van der Waals surface area contributed by atoms with Crippen molar-refractivity contribution in [2.24, 2.45) is 0 Å². The number of aromatic hydroxyl groups is 3. The van der Waals surface area contributed by atoms with Crippen LogP contribution in [0.2, 0.25) is 0 Å². The van der Waals surface area contributed by atoms with E-state index >= 15 is 0 Å². The smallest absolute Gasteiger partial charge is 0.331 e. The third kappa shape index (κ3) is 7.01. The first-order valence-corrected chi connectivity index (χ1v) is 14.2. The summed E-state index contributed by atoms with van der Waals surface area (Å²) >= 11 is 0. The highest BCUT2D eigenvalue weighted by Crippen LogP contribution is 2.39. The Bertz CT molecular complexity index is 1370. The van der Waals surface area contributed by atoms with Crippen LogP contribution >= 0.6 is 0 Å². The lowest BCUT2D eigenvalue weighted by Gasteiger charge is -2.50. The van der Waals surface area contributed by atoms with Crippen molar-refractivity contribution in [1.82, 2.24) is 0 Å². The van der Waals surface area contributed by atoms with Gasteiger partial charge in [0.05, 0.1) is 26.4 Å². The van der Waals surface area contributed by atoms with Crippen LogP contribution in [-0.4, -0.2) is 123 Å². The van der Waals surface area contributed by atoms with E-state index in [0.717, 1.165) is 6.08 Å². The van der Waals surface area contributed by atoms with Crippen LogP contribution in [-0.2, 0) is 33.2 Å². The lowest BCUT2D eigenvalue weighted by Crippen LogP contribution is -2.66. The summed E-state index contributed by atoms with van der Waals surface area (Å²) in [6.07, 6.45) is -11.8. The molecule has 0 amide bonds. The monoisotopic (exact) mass is 636 g/mol. The Balaban J connectivity index is 1.43. The molecule has 15 nitrogen and oxygen atoms in total. The highest BCUT2D eigenvalue weighted by molar-refractivity contribution is 5.87. The fraction of sp³-hybridized carbons (Fsp3) is 0.500. The second-order valence-electron chi connectivity index (χ2n) is 10.8. The number of phenols is 3. The Morgan fingerprint density at radius 3 is 2.40 bits per heavy atom. The molecule has 2 aromatic carbocycles. The average molecular weight is 637 g/mol. The molecule has 0 aliphatic carbocycles. The van der Waals surface area contributed by atoms with Gasteiger partial charge in [0, 0.05) is 6.08 Å². The Morgan fingerprint density at radius 1 is 0.933 bits per heavy atom. The number of rotatable bonds is 8. The molecule has 2 aromatic rings. The van der Waals surface area contributed by atoms with Gasteiger partial charge in [0.2, 0.25) is 0 Å². The largest absolute Gasteiger partial charge is 0.504 e. The predicted molar refractivity (Wildman–Crippen MR) is 150 cm³/mol. The van der Waals surface area contributed by atoms with E-state index in [1.165, 1.54) is 56.5 Å². The van der Waals surface area contributed by atoms with Gasteiger partial charge in [-0.1, -0.05) is 12.1 Å². The van der Waals surface area contributed by atoms with Gasteiger partial charge in [-0.15, -0.1) is 0 Å². The van der Waals surface area contributed by atoms with E-state index in [1.807, 2.05) is 0 Å². The average Bonchev–Trinajstić information content (AvgIpc) is 3.03. The van der Waals surface area contributed by atoms with E-state index in [-0.39, 0.29) is 23.9 Å². The number of hydrogen-bond donors (Lipinski definition) is 7. The Hall–Kier alpha value is -3.51. The molecule has 7 N–H and O–H groups in total. The Labute approximate surface area is 257 Å². The molecule has 0 aromatic heterocycles. The summed E-state index contributed by atoms with van der Waals surface area (Å²) in [7, 11) is 1.38. The molecule has 15 heteroatoms. The summed E-state index contributed by atoms with van der Waals surface area (Å²) in [5.74, 6) is -1.52. The molecule has 0 saturated carbocycles. The molecule has 3 saturated heterocycles. The molecular formula is C30H36O15. The van der Waals surface area contributed by atoms with Gasteiger partial charge >= 0.3 is 5.97 Å². The zero-order valence-corrected chi connectivity index (χ0v) is 24.3. The standard InChI is InChI=1S/C30H36O15/c1-13-23(36)24(37)25(38)29(41-13)45-27-26(44-22(35)8-4-14-3-6-17(33)19(9-14)39-2)20(11-31)43-30-28(27)42-21(12-40-30)15-5-7-16(32)18(34)10-15/h3-10,13,20-21,23-34,36-38H,11-12H2,1-2H3/b8-4+/t13-,20+,21+,23-,24+,25+,26+,27-,28+,29-,30+/m0/s1. The summed E-state index contributed by atoms with van der Waals surface area (Å²) in [6.45, 7) is 0.752. The summed E-state index contributed by atoms with van der Waals surface area (Å²) in [5, 5.41) is 71.0. The molecule has 3 aliphatic heterocycles. The molecule has 11 atom stereocenters. The van der Waals surface area contributed by atoms with Crippen molar-refractivity contribution in [2.45, 2.75) is 74.4 Å². The molecule has 0 unspecified atom stereocenters. The molecule has 0 radical (unpaired) electrons. The minimum absolute atomic E-state index is 0.0654. The van der Waals surface area contributed by atoms with Gasteiger partial charge in [-0.25, -0.2) is 4.79 Å². The van der Waals surface area contributed by atoms with Gasteiger partial charge in [0.15, 0.2) is 41.7 Å². The summed E-state index contributed by atoms with van der Waals surface area (Å²) < 4.78 is 40.6. The van der Waals surface area contributed by atoms with Crippen molar-refractivity contribution < 1.29 is 73.7 Å². The van der Waals surface area contributed by atoms with E-state index in [2.05, 4.69) is 0 Å². The molecular weight excluding hydrogens is 600 g/mol. The van der Waals surface area contributed by atoms with Gasteiger partial charge < -0.3 is 68.9 Å². The van der Waals surface area contributed by atoms with E-state index in [4.69, 9.17) is 33.2 Å². The maximum Gasteiger partial charge on any atom is 0.331 e. The van der Waals surface area contributed by atoms with Crippen LogP contribution in [0.5, 0.6) is 23.0 Å². The van der Waals surface area contributed by atoms with Crippen molar-refractivity contribution in [1.29, 1.82) is 0 Å². The van der Waals surface area contributed by atoms with E-state index in [1.54, 1.807) is 0 Å². The van der Waals surface area contributed by atoms with Crippen LogP contribution in [0.4, 0.5) is 0 Å². The molecule has 0 spiro atoms. The zero-order valence-electron chi connectivity index (χ0n) is 24.3. The number of hydrogen-bond acceptors (Lipinski definition) is 15. The van der Waals surface area contributed by atoms with Gasteiger partial charge in [-0.3, -0.25) is 0 Å². The second kappa shape index (κ2) is 13.9. The number of aliphatic hydroxyl groups excluding tert-OH is 4. The quantitative estimate of drug-likeness (QED) is 0.113. The van der Waals surface area contributed by atoms with E-state index < -0.39 is 85.8 Å². The summed E-state index contributed by atoms with van der Waals surface area (Å²) in [6, 6.07) is 8.48. The highest BCUT2D eigenvalue weighted by atomic mass is 16.8. The predicted octanol–water partition coefficient (Wildman–Crippen LogP) is -0.176. The highest BCUT2D eigenvalue weighted by Gasteiger charge is 2.55. The number of aliphatic hydroxyl groups is 4. The molecule has 3 fully saturated rings. The molecule has 3 aliphatic rings. The zero-order chi connectivity index (χ0) is 32.4. The van der Waals surface area contributed by atoms with Crippen LogP contribution in [0.25, 0.3) is 6.08 Å². The van der Waals surface area contributed by atoms with Gasteiger partial charge in [0.25, 0.3) is 0 Å². The first-order chi connectivity index (χ1) is 21.5. The number of methoxy groups -OCH3 is 1. The fourth-order valence-electron chi connectivity index (χ4n) is 5.34. The first-order valence-electron chi connectivity index (χ1n) is 14.2. The van der Waals surface area contributed by atoms with Crippen LogP contribution in [0.1, 0.15) is 24.2 Å². The summed E-state index contributed by atoms with van der Waals surface area (Å²) in [5.41, 5.74) is 0.922. The van der Waals surface area contributed by atoms with Crippen LogP contribution in [0, 0.1) is 0 Å². The number of phenolic OH excluding ortho intramolecular Hbond substituents is 3. The molecule has 246 valence electrons. The SMILES string of the molecule is COc1cc(/C=C/C(=O)O[C@H]2[C@H](O[C@@H]3O[C@@H](C)[C@H](O)[C@@H](O)[C@H]3O)[C@H]3O[C@@H](c4ccc(O)c(O)c4)CO[C@@H]3O[C@@H]2CO)ccc1O. The maximum atomic E-state index is 13.1. The molecule has 0 bridgehead atoms. The third-order valence-electron chi connectivity index (χ3n) is 7.84. The minimum atomic E-state index is -1.72. The van der Waals surface area contributed by atoms with Gasteiger partial charge in [0.1, 0.15) is 42.7 Å². The van der Waals surface area contributed by atoms with Crippen molar-refractivity contribution in [3.05, 3.63) is 53.6 Å². The molecule has 3 heterocycles. The van der Waals surface area contributed by atoms with Crippen LogP contribution in [0.15, 0.2) is 42.5 Å². The number of carbonyl (C=O) groups is 1. The second-order valence-corrected chi connectivity index (χ2v) is 10.8. The fourth-order valence-corrected chi connectivity index (χ4v) is 5.34. The Kier molecular flexibility index (Phi) is 10.1. The number of carbonyl (C=O) groups excluding carboxylic acids is 1. The van der Waals surface area contributed by atoms with E-state index in [0.29, 0.717) is 11.1 Å². The lowest BCUT2D eigenvalue weighted by molar-refractivity contribution is -0.384. The normalized spacial score (nSPS) is 35.1. The minimum Gasteiger partial charge on any atom is -0.504 e. The van der Waals surface area contributed by atoms with Gasteiger partial charge in [-0.2, -0.15) is 0 Å². The topological polar surface area (TPSA) is 223 Å². The van der Waals surface area contributed by atoms with Crippen LogP contribution in [0.3, 0.4) is 0 Å². The summed E-state index contributed by atoms with van der Waals surface area (Å²) in [4.78, 5) is 13.1. The molecule has 45 heavy (non-hydrogen) atoms. The van der Waals surface area contributed by atoms with Gasteiger partial charge in [-0.05, 0) is 48.4 Å². The van der Waals surface area contributed by atoms with Crippen molar-refractivity contribution in [3.8, 4) is 23.0 Å². The van der Waals surface area contributed by atoms with E-state index in [9.17, 15) is 40.5 Å². The van der Waals surface area contributed by atoms with Crippen molar-refractivity contribution in [2.75, 3.05) is 20.3 Å². The number of ether oxygens (including phenoxy) is 7. The van der Waals surface area contributed by atoms with Crippen molar-refractivity contribution in [3.63, 3.8) is 0 Å². The number of esters is 1. The number of benzene rings is 2. The van der Waals surface area contributed by atoms with Crippen molar-refractivity contribution >= 4 is 12.0 Å². The number of fused-ring (bicyclic) bond motifs is 1. The van der Waals surface area contributed by atoms with Crippen LogP contribution < -0.4 is 4.74 Å². The maximum absolute atomic E-state index is 13.1.